The van der Waals surface area contributed by atoms with E-state index in [1.807, 2.05) is 36.6 Å². The van der Waals surface area contributed by atoms with E-state index in [0.717, 1.165) is 5.69 Å². The third kappa shape index (κ3) is 3.39. The fraction of sp³-hybridized carbons (Fsp3) is 0.105. The minimum absolute atomic E-state index is 0.123. The van der Waals surface area contributed by atoms with Crippen molar-refractivity contribution in [1.82, 2.24) is 20.4 Å². The van der Waals surface area contributed by atoms with E-state index in [9.17, 15) is 9.59 Å². The zero-order chi connectivity index (χ0) is 19.5. The van der Waals surface area contributed by atoms with E-state index in [1.54, 1.807) is 22.8 Å². The Bertz CT molecular complexity index is 1040. The van der Waals surface area contributed by atoms with Crippen molar-refractivity contribution in [2.75, 3.05) is 13.0 Å². The zero-order valence-corrected chi connectivity index (χ0v) is 15.7. The maximum Gasteiger partial charge on any atom is 0.288 e. The molecule has 9 heteroatoms. The van der Waals surface area contributed by atoms with Gasteiger partial charge >= 0.3 is 0 Å². The maximum absolute atomic E-state index is 12.7. The molecule has 1 aromatic heterocycles. The van der Waals surface area contributed by atoms with Crippen molar-refractivity contribution in [3.63, 3.8) is 0 Å². The number of hydrogen-bond donors (Lipinski definition) is 2. The summed E-state index contributed by atoms with van der Waals surface area (Å²) in [7, 11) is 0. The largest absolute Gasteiger partial charge is 0.454 e. The molecule has 8 nitrogen and oxygen atoms in total. The highest BCUT2D eigenvalue weighted by Gasteiger charge is 2.20. The number of aromatic nitrogens is 2. The molecule has 2 amide bonds. The molecule has 0 saturated carbocycles. The van der Waals surface area contributed by atoms with Crippen molar-refractivity contribution in [3.05, 3.63) is 66.0 Å². The number of thioether (sulfide) groups is 1. The lowest BCUT2D eigenvalue weighted by Gasteiger charge is -2.12. The molecule has 28 heavy (non-hydrogen) atoms. The summed E-state index contributed by atoms with van der Waals surface area (Å²) in [5.74, 6) is 0.121. The third-order valence-electron chi connectivity index (χ3n) is 4.08. The van der Waals surface area contributed by atoms with E-state index in [4.69, 9.17) is 9.47 Å². The van der Waals surface area contributed by atoms with Crippen LogP contribution in [0.2, 0.25) is 0 Å². The molecular weight excluding hydrogens is 380 g/mol. The second kappa shape index (κ2) is 7.65. The summed E-state index contributed by atoms with van der Waals surface area (Å²) in [4.78, 5) is 29.3. The summed E-state index contributed by atoms with van der Waals surface area (Å²) < 4.78 is 12.2. The predicted molar refractivity (Wildman–Crippen MR) is 103 cm³/mol. The van der Waals surface area contributed by atoms with Crippen LogP contribution in [-0.4, -0.2) is 34.4 Å². The normalized spacial score (nSPS) is 11.9. The van der Waals surface area contributed by atoms with E-state index in [1.165, 1.54) is 18.0 Å². The van der Waals surface area contributed by atoms with E-state index >= 15 is 0 Å². The van der Waals surface area contributed by atoms with Gasteiger partial charge in [0.2, 0.25) is 6.79 Å². The highest BCUT2D eigenvalue weighted by Crippen LogP contribution is 2.32. The number of carbonyl (C=O) groups excluding carboxylic acids is 2. The fourth-order valence-corrected chi connectivity index (χ4v) is 3.30. The molecule has 2 heterocycles. The van der Waals surface area contributed by atoms with Crippen molar-refractivity contribution in [2.24, 2.45) is 0 Å². The van der Waals surface area contributed by atoms with Crippen LogP contribution in [0.15, 0.2) is 59.9 Å². The lowest BCUT2D eigenvalue weighted by atomic mass is 10.2. The highest BCUT2D eigenvalue weighted by atomic mass is 32.2. The minimum Gasteiger partial charge on any atom is -0.454 e. The first-order valence-corrected chi connectivity index (χ1v) is 9.57. The van der Waals surface area contributed by atoms with Crippen molar-refractivity contribution >= 4 is 23.6 Å². The number of imidazole rings is 1. The van der Waals surface area contributed by atoms with Crippen molar-refractivity contribution in [3.8, 4) is 17.2 Å². The Morgan fingerprint density at radius 3 is 2.57 bits per heavy atom. The Kier molecular flexibility index (Phi) is 4.90. The highest BCUT2D eigenvalue weighted by molar-refractivity contribution is 7.98. The summed E-state index contributed by atoms with van der Waals surface area (Å²) in [6.45, 7) is 0.123. The van der Waals surface area contributed by atoms with E-state index in [2.05, 4.69) is 15.8 Å². The summed E-state index contributed by atoms with van der Waals surface area (Å²) in [6.07, 6.45) is 3.35. The van der Waals surface area contributed by atoms with Gasteiger partial charge in [0.25, 0.3) is 11.8 Å². The van der Waals surface area contributed by atoms with Gasteiger partial charge in [-0.05, 0) is 36.6 Å². The first-order chi connectivity index (χ1) is 13.7. The number of carbonyl (C=O) groups is 2. The van der Waals surface area contributed by atoms with Crippen molar-refractivity contribution < 1.29 is 19.1 Å². The molecule has 2 aromatic carbocycles. The summed E-state index contributed by atoms with van der Waals surface area (Å²) in [5, 5.41) is 0.665. The number of hydrazine groups is 1. The number of fused-ring (bicyclic) bond motifs is 1. The number of nitrogens with zero attached hydrogens (tertiary/aromatic N) is 2. The van der Waals surface area contributed by atoms with E-state index < -0.39 is 11.8 Å². The fourth-order valence-electron chi connectivity index (χ4n) is 2.75. The predicted octanol–water partition coefficient (Wildman–Crippen LogP) is 2.40. The Labute approximate surface area is 164 Å². The molecule has 0 unspecified atom stereocenters. The van der Waals surface area contributed by atoms with Crippen LogP contribution in [0.4, 0.5) is 0 Å². The second-order valence-corrected chi connectivity index (χ2v) is 6.55. The van der Waals surface area contributed by atoms with Gasteiger partial charge in [-0.2, -0.15) is 0 Å². The summed E-state index contributed by atoms with van der Waals surface area (Å²) in [5.41, 5.74) is 6.29. The van der Waals surface area contributed by atoms with Gasteiger partial charge in [-0.25, -0.2) is 4.98 Å². The van der Waals surface area contributed by atoms with Crippen LogP contribution >= 0.6 is 11.8 Å². The molecule has 0 bridgehead atoms. The lowest BCUT2D eigenvalue weighted by molar-refractivity contribution is 0.0842. The van der Waals surface area contributed by atoms with E-state index in [0.29, 0.717) is 27.9 Å². The van der Waals surface area contributed by atoms with Crippen molar-refractivity contribution in [2.45, 2.75) is 5.16 Å². The Morgan fingerprint density at radius 1 is 1.04 bits per heavy atom. The molecule has 0 radical (unpaired) electrons. The molecule has 3 aromatic rings. The molecule has 1 aliphatic heterocycles. The van der Waals surface area contributed by atoms with Gasteiger partial charge in [-0.3, -0.25) is 25.0 Å². The quantitative estimate of drug-likeness (QED) is 0.520. The van der Waals surface area contributed by atoms with Crippen LogP contribution in [0.25, 0.3) is 5.69 Å². The van der Waals surface area contributed by atoms with Gasteiger partial charge in [0.05, 0.1) is 6.20 Å². The monoisotopic (exact) mass is 396 g/mol. The maximum atomic E-state index is 12.7. The molecular formula is C19H16N4O4S. The lowest BCUT2D eigenvalue weighted by Crippen LogP contribution is -2.42. The van der Waals surface area contributed by atoms with Gasteiger partial charge in [0, 0.05) is 11.3 Å². The first-order valence-electron chi connectivity index (χ1n) is 8.35. The zero-order valence-electron chi connectivity index (χ0n) is 14.8. The molecule has 0 aliphatic carbocycles. The summed E-state index contributed by atoms with van der Waals surface area (Å²) >= 11 is 1.42. The van der Waals surface area contributed by atoms with Gasteiger partial charge in [0.15, 0.2) is 16.7 Å². The average Bonchev–Trinajstić information content (AvgIpc) is 3.38. The van der Waals surface area contributed by atoms with Crippen LogP contribution in [0.3, 0.4) is 0 Å². The van der Waals surface area contributed by atoms with Gasteiger partial charge in [-0.1, -0.05) is 30.0 Å². The Balaban J connectivity index is 1.50. The molecule has 0 atom stereocenters. The number of para-hydroxylation sites is 1. The number of nitrogens with one attached hydrogen (secondary N) is 2. The third-order valence-corrected chi connectivity index (χ3v) is 4.74. The SMILES string of the molecule is CSc1ncc(C(=O)NNC(=O)c2ccc3c(c2)OCO3)n1-c1ccccc1. The van der Waals surface area contributed by atoms with Gasteiger partial charge < -0.3 is 9.47 Å². The standard InChI is InChI=1S/C19H16N4O4S/c1-28-19-20-10-14(23(19)13-5-3-2-4-6-13)18(25)22-21-17(24)12-7-8-15-16(9-12)27-11-26-15/h2-10H,11H2,1H3,(H,21,24)(H,22,25). The number of rotatable bonds is 4. The molecule has 4 rings (SSSR count). The Morgan fingerprint density at radius 2 is 1.79 bits per heavy atom. The van der Waals surface area contributed by atoms with E-state index in [-0.39, 0.29) is 6.79 Å². The molecule has 0 spiro atoms. The van der Waals surface area contributed by atoms with Crippen LogP contribution in [0.5, 0.6) is 11.5 Å². The van der Waals surface area contributed by atoms with Crippen LogP contribution in [0.1, 0.15) is 20.8 Å². The molecule has 1 aliphatic rings. The van der Waals surface area contributed by atoms with Crippen molar-refractivity contribution in [1.29, 1.82) is 0 Å². The minimum atomic E-state index is -0.481. The van der Waals surface area contributed by atoms with Crippen LogP contribution < -0.4 is 20.3 Å². The van der Waals surface area contributed by atoms with Crippen LogP contribution in [0, 0.1) is 0 Å². The number of benzene rings is 2. The number of ether oxygens (including phenoxy) is 2. The first kappa shape index (κ1) is 17.9. The molecule has 0 fully saturated rings. The summed E-state index contributed by atoms with van der Waals surface area (Å²) in [6, 6.07) is 14.2. The number of amides is 2. The van der Waals surface area contributed by atoms with Gasteiger partial charge in [-0.15, -0.1) is 0 Å². The molecule has 2 N–H and O–H groups in total. The average molecular weight is 396 g/mol. The Hall–Kier alpha value is -3.46. The van der Waals surface area contributed by atoms with Crippen LogP contribution in [-0.2, 0) is 0 Å². The molecule has 142 valence electrons. The smallest absolute Gasteiger partial charge is 0.288 e. The molecule has 0 saturated heterocycles. The number of hydrogen-bond acceptors (Lipinski definition) is 6. The van der Waals surface area contributed by atoms with Gasteiger partial charge in [0.1, 0.15) is 5.69 Å². The second-order valence-electron chi connectivity index (χ2n) is 5.78. The topological polar surface area (TPSA) is 94.5 Å².